The van der Waals surface area contributed by atoms with Gasteiger partial charge in [0.2, 0.25) is 0 Å². The van der Waals surface area contributed by atoms with Gasteiger partial charge in [-0.2, -0.15) is 13.2 Å². The molecule has 0 unspecified atom stereocenters. The predicted molar refractivity (Wildman–Crippen MR) is 114 cm³/mol. The van der Waals surface area contributed by atoms with Gasteiger partial charge in [-0.15, -0.1) is 0 Å². The molecular weight excluding hydrogens is 409 g/mol. The summed E-state index contributed by atoms with van der Waals surface area (Å²) >= 11 is 0. The molecule has 2 rings (SSSR count). The van der Waals surface area contributed by atoms with Crippen molar-refractivity contribution in [2.45, 2.75) is 25.7 Å². The van der Waals surface area contributed by atoms with Crippen LogP contribution >= 0.6 is 0 Å². The van der Waals surface area contributed by atoms with Crippen LogP contribution in [-0.4, -0.2) is 45.3 Å². The second-order valence-electron chi connectivity index (χ2n) is 6.81. The maximum absolute atomic E-state index is 12.1. The molecule has 0 aliphatic heterocycles. The first-order chi connectivity index (χ1) is 14.8. The fourth-order valence-electron chi connectivity index (χ4n) is 2.78. The van der Waals surface area contributed by atoms with E-state index >= 15 is 0 Å². The van der Waals surface area contributed by atoms with Crippen molar-refractivity contribution in [3.8, 4) is 0 Å². The number of aliphatic imine (C=N–C) groups is 1. The average Bonchev–Trinajstić information content (AvgIpc) is 2.75. The first kappa shape index (κ1) is 24.2. The molecule has 9 heteroatoms. The Morgan fingerprint density at radius 1 is 1.03 bits per heavy atom. The summed E-state index contributed by atoms with van der Waals surface area (Å²) in [6.45, 7) is -0.201. The van der Waals surface area contributed by atoms with Gasteiger partial charge in [-0.1, -0.05) is 36.4 Å². The molecule has 0 aliphatic carbocycles. The van der Waals surface area contributed by atoms with Gasteiger partial charge in [0.1, 0.15) is 6.61 Å². The van der Waals surface area contributed by atoms with Crippen molar-refractivity contribution in [2.75, 3.05) is 27.2 Å². The van der Waals surface area contributed by atoms with E-state index in [1.165, 1.54) is 0 Å². The molecule has 0 atom stereocenters. The number of hydrogen-bond acceptors (Lipinski definition) is 3. The van der Waals surface area contributed by atoms with E-state index in [2.05, 4.69) is 25.7 Å². The van der Waals surface area contributed by atoms with E-state index in [9.17, 15) is 18.0 Å². The quantitative estimate of drug-likeness (QED) is 0.417. The smallest absolute Gasteiger partial charge is 0.367 e. The van der Waals surface area contributed by atoms with Gasteiger partial charge in [0.25, 0.3) is 5.91 Å². The largest absolute Gasteiger partial charge is 0.411 e. The lowest BCUT2D eigenvalue weighted by Crippen LogP contribution is -2.37. The molecule has 2 aromatic rings. The summed E-state index contributed by atoms with van der Waals surface area (Å²) in [5, 5.41) is 9.01. The van der Waals surface area contributed by atoms with Gasteiger partial charge < -0.3 is 20.7 Å². The van der Waals surface area contributed by atoms with Gasteiger partial charge in [-0.3, -0.25) is 9.79 Å². The Kier molecular flexibility index (Phi) is 9.33. The lowest BCUT2D eigenvalue weighted by atomic mass is 10.1. The van der Waals surface area contributed by atoms with Crippen molar-refractivity contribution in [1.82, 2.24) is 16.0 Å². The summed E-state index contributed by atoms with van der Waals surface area (Å²) in [5.41, 5.74) is 3.29. The Morgan fingerprint density at radius 2 is 1.74 bits per heavy atom. The molecule has 0 saturated carbocycles. The number of carbonyl (C=O) groups excluding carboxylic acids is 1. The first-order valence-electron chi connectivity index (χ1n) is 9.78. The molecule has 3 N–H and O–H groups in total. The number of alkyl halides is 3. The Balaban J connectivity index is 1.75. The van der Waals surface area contributed by atoms with Crippen LogP contribution < -0.4 is 16.0 Å². The Morgan fingerprint density at radius 3 is 2.39 bits per heavy atom. The first-order valence-corrected chi connectivity index (χ1v) is 9.78. The summed E-state index contributed by atoms with van der Waals surface area (Å²) < 4.78 is 41.0. The van der Waals surface area contributed by atoms with Crippen molar-refractivity contribution in [2.24, 2.45) is 4.99 Å². The number of carbonyl (C=O) groups is 1. The number of amides is 1. The van der Waals surface area contributed by atoms with Gasteiger partial charge in [0.05, 0.1) is 6.61 Å². The molecule has 0 radical (unpaired) electrons. The van der Waals surface area contributed by atoms with Crippen LogP contribution in [0.5, 0.6) is 0 Å². The maximum atomic E-state index is 12.1. The number of ether oxygens (including phenoxy) is 1. The third kappa shape index (κ3) is 9.08. The molecular formula is C22H27F3N4O2. The van der Waals surface area contributed by atoms with E-state index in [-0.39, 0.29) is 12.5 Å². The topological polar surface area (TPSA) is 74.8 Å². The molecule has 0 bridgehead atoms. The summed E-state index contributed by atoms with van der Waals surface area (Å²) in [7, 11) is 3.27. The van der Waals surface area contributed by atoms with E-state index in [1.807, 2.05) is 30.3 Å². The van der Waals surface area contributed by atoms with E-state index in [0.29, 0.717) is 30.2 Å². The van der Waals surface area contributed by atoms with E-state index in [0.717, 1.165) is 17.5 Å². The Bertz CT molecular complexity index is 868. The van der Waals surface area contributed by atoms with Crippen LogP contribution in [0.3, 0.4) is 0 Å². The fourth-order valence-corrected chi connectivity index (χ4v) is 2.78. The van der Waals surface area contributed by atoms with Gasteiger partial charge in [-0.25, -0.2) is 0 Å². The highest BCUT2D eigenvalue weighted by Gasteiger charge is 2.27. The third-order valence-corrected chi connectivity index (χ3v) is 4.36. The highest BCUT2D eigenvalue weighted by atomic mass is 19.4. The zero-order valence-corrected chi connectivity index (χ0v) is 17.6. The molecule has 0 aromatic heterocycles. The van der Waals surface area contributed by atoms with Gasteiger partial charge >= 0.3 is 6.18 Å². The van der Waals surface area contributed by atoms with Crippen molar-refractivity contribution < 1.29 is 22.7 Å². The number of benzene rings is 2. The van der Waals surface area contributed by atoms with Crippen LogP contribution in [0.15, 0.2) is 53.5 Å². The van der Waals surface area contributed by atoms with Crippen molar-refractivity contribution in [1.29, 1.82) is 0 Å². The molecule has 0 saturated heterocycles. The molecule has 6 nitrogen and oxygen atoms in total. The number of guanidine groups is 1. The predicted octanol–water partition coefficient (Wildman–Crippen LogP) is 3.03. The number of halogens is 3. The lowest BCUT2D eigenvalue weighted by Gasteiger charge is -2.13. The fraction of sp³-hybridized carbons (Fsp3) is 0.364. The normalized spacial score (nSPS) is 11.8. The highest BCUT2D eigenvalue weighted by Crippen LogP contribution is 2.15. The van der Waals surface area contributed by atoms with Crippen molar-refractivity contribution >= 4 is 11.9 Å². The summed E-state index contributed by atoms with van der Waals surface area (Å²) in [4.78, 5) is 15.9. The molecule has 31 heavy (non-hydrogen) atoms. The summed E-state index contributed by atoms with van der Waals surface area (Å²) in [5.74, 6) is 0.505. The van der Waals surface area contributed by atoms with Crippen LogP contribution in [0.4, 0.5) is 13.2 Å². The zero-order valence-electron chi connectivity index (χ0n) is 17.6. The molecule has 0 fully saturated rings. The monoisotopic (exact) mass is 436 g/mol. The molecule has 0 aliphatic rings. The Hall–Kier alpha value is -3.07. The molecule has 0 spiro atoms. The van der Waals surface area contributed by atoms with E-state index < -0.39 is 12.8 Å². The van der Waals surface area contributed by atoms with E-state index in [4.69, 9.17) is 0 Å². The Labute approximate surface area is 179 Å². The summed E-state index contributed by atoms with van der Waals surface area (Å²) in [6.07, 6.45) is -3.60. The SMILES string of the molecule is CN=C(NCCc1cccc(C(=O)NC)c1)NCc1ccc(COCC(F)(F)F)cc1. The molecule has 168 valence electrons. The minimum atomic E-state index is -4.32. The van der Waals surface area contributed by atoms with Crippen molar-refractivity contribution in [3.05, 3.63) is 70.8 Å². The lowest BCUT2D eigenvalue weighted by molar-refractivity contribution is -0.176. The van der Waals surface area contributed by atoms with Gasteiger partial charge in [-0.05, 0) is 35.2 Å². The van der Waals surface area contributed by atoms with Crippen LogP contribution in [-0.2, 0) is 24.3 Å². The average molecular weight is 436 g/mol. The van der Waals surface area contributed by atoms with Gasteiger partial charge in [0.15, 0.2) is 5.96 Å². The standard InChI is InChI=1S/C22H27F3N4O2/c1-26-20(30)19-5-3-4-16(12-19)10-11-28-21(27-2)29-13-17-6-8-18(9-7-17)14-31-15-22(23,24)25/h3-9,12H,10-11,13-15H2,1-2H3,(H,26,30)(H2,27,28,29). The minimum absolute atomic E-state index is 0.0858. The zero-order chi connectivity index (χ0) is 22.7. The second kappa shape index (κ2) is 11.9. The highest BCUT2D eigenvalue weighted by molar-refractivity contribution is 5.94. The molecule has 2 aromatic carbocycles. The van der Waals surface area contributed by atoms with Crippen LogP contribution in [0.2, 0.25) is 0 Å². The molecule has 0 heterocycles. The van der Waals surface area contributed by atoms with Crippen LogP contribution in [0.1, 0.15) is 27.0 Å². The van der Waals surface area contributed by atoms with Crippen LogP contribution in [0, 0.1) is 0 Å². The molecule has 1 amide bonds. The van der Waals surface area contributed by atoms with Crippen molar-refractivity contribution in [3.63, 3.8) is 0 Å². The maximum Gasteiger partial charge on any atom is 0.411 e. The second-order valence-corrected chi connectivity index (χ2v) is 6.81. The van der Waals surface area contributed by atoms with E-state index in [1.54, 1.807) is 32.3 Å². The number of nitrogens with zero attached hydrogens (tertiary/aromatic N) is 1. The number of hydrogen-bond donors (Lipinski definition) is 3. The number of rotatable bonds is 9. The summed E-state index contributed by atoms with van der Waals surface area (Å²) in [6, 6.07) is 14.6. The minimum Gasteiger partial charge on any atom is -0.367 e. The number of nitrogens with one attached hydrogen (secondary N) is 3. The van der Waals surface area contributed by atoms with Crippen LogP contribution in [0.25, 0.3) is 0 Å². The van der Waals surface area contributed by atoms with Gasteiger partial charge in [0, 0.05) is 32.7 Å². The third-order valence-electron chi connectivity index (χ3n) is 4.36.